The highest BCUT2D eigenvalue weighted by Gasteiger charge is 2.39. The van der Waals surface area contributed by atoms with Gasteiger partial charge in [0, 0.05) is 17.7 Å². The Bertz CT molecular complexity index is 802. The summed E-state index contributed by atoms with van der Waals surface area (Å²) in [4.78, 5) is 27.2. The lowest BCUT2D eigenvalue weighted by Crippen LogP contribution is -2.35. The summed E-state index contributed by atoms with van der Waals surface area (Å²) < 4.78 is 18.4. The molecule has 0 aliphatic carbocycles. The molecule has 1 aliphatic heterocycles. The SMILES string of the molecule is COCCN1C(=O)C(Nc2cccc(F)c2)=C(c2cccs2)C1=O. The molecule has 1 aliphatic rings. The van der Waals surface area contributed by atoms with Crippen LogP contribution in [0.15, 0.2) is 47.5 Å². The Balaban J connectivity index is 1.99. The monoisotopic (exact) mass is 346 g/mol. The van der Waals surface area contributed by atoms with Crippen LogP contribution in [0.3, 0.4) is 0 Å². The zero-order chi connectivity index (χ0) is 17.1. The van der Waals surface area contributed by atoms with Crippen LogP contribution in [0, 0.1) is 5.82 Å². The van der Waals surface area contributed by atoms with Crippen LogP contribution in [0.4, 0.5) is 10.1 Å². The van der Waals surface area contributed by atoms with E-state index < -0.39 is 11.7 Å². The number of amides is 2. The van der Waals surface area contributed by atoms with Gasteiger partial charge in [-0.3, -0.25) is 14.5 Å². The Morgan fingerprint density at radius 1 is 1.21 bits per heavy atom. The Kier molecular flexibility index (Phi) is 4.73. The van der Waals surface area contributed by atoms with Crippen molar-refractivity contribution in [2.75, 3.05) is 25.6 Å². The number of imide groups is 1. The van der Waals surface area contributed by atoms with Crippen molar-refractivity contribution in [3.05, 3.63) is 58.2 Å². The molecule has 0 fully saturated rings. The molecule has 0 atom stereocenters. The number of thiophene rings is 1. The first kappa shape index (κ1) is 16.4. The maximum absolute atomic E-state index is 13.4. The Hall–Kier alpha value is -2.51. The van der Waals surface area contributed by atoms with Gasteiger partial charge in [-0.2, -0.15) is 0 Å². The number of carbonyl (C=O) groups is 2. The van der Waals surface area contributed by atoms with Crippen LogP contribution in [0.5, 0.6) is 0 Å². The van der Waals surface area contributed by atoms with Crippen molar-refractivity contribution in [2.45, 2.75) is 0 Å². The Morgan fingerprint density at radius 3 is 2.71 bits per heavy atom. The van der Waals surface area contributed by atoms with Gasteiger partial charge in [-0.05, 0) is 29.6 Å². The van der Waals surface area contributed by atoms with Crippen LogP contribution in [-0.2, 0) is 14.3 Å². The number of benzene rings is 1. The highest BCUT2D eigenvalue weighted by molar-refractivity contribution is 7.11. The number of rotatable bonds is 6. The van der Waals surface area contributed by atoms with Gasteiger partial charge in [0.25, 0.3) is 11.8 Å². The fraction of sp³-hybridized carbons (Fsp3) is 0.176. The molecular formula is C17H15FN2O3S. The molecule has 0 saturated carbocycles. The molecule has 3 rings (SSSR count). The molecule has 1 N–H and O–H groups in total. The van der Waals surface area contributed by atoms with Crippen LogP contribution in [-0.4, -0.2) is 37.0 Å². The van der Waals surface area contributed by atoms with Crippen molar-refractivity contribution in [1.82, 2.24) is 4.90 Å². The van der Waals surface area contributed by atoms with Crippen LogP contribution in [0.25, 0.3) is 5.57 Å². The van der Waals surface area contributed by atoms with E-state index in [1.807, 2.05) is 11.4 Å². The van der Waals surface area contributed by atoms with Crippen LogP contribution < -0.4 is 5.32 Å². The number of carbonyl (C=O) groups excluding carboxylic acids is 2. The molecule has 2 heterocycles. The van der Waals surface area contributed by atoms with E-state index in [0.717, 1.165) is 4.90 Å². The lowest BCUT2D eigenvalue weighted by Gasteiger charge is -2.14. The van der Waals surface area contributed by atoms with Crippen LogP contribution in [0.2, 0.25) is 0 Å². The molecule has 0 radical (unpaired) electrons. The molecule has 7 heteroatoms. The van der Waals surface area contributed by atoms with Crippen LogP contribution in [0.1, 0.15) is 4.88 Å². The van der Waals surface area contributed by atoms with Crippen LogP contribution >= 0.6 is 11.3 Å². The standard InChI is InChI=1S/C17H15FN2O3S/c1-23-8-7-20-16(21)14(13-6-3-9-24-13)15(17(20)22)19-12-5-2-4-11(18)10-12/h2-6,9-10,19H,7-8H2,1H3. The van der Waals surface area contributed by atoms with Crippen molar-refractivity contribution in [1.29, 1.82) is 0 Å². The maximum Gasteiger partial charge on any atom is 0.278 e. The predicted octanol–water partition coefficient (Wildman–Crippen LogP) is 2.73. The highest BCUT2D eigenvalue weighted by atomic mass is 32.1. The fourth-order valence-corrected chi connectivity index (χ4v) is 3.21. The quantitative estimate of drug-likeness (QED) is 0.817. The van der Waals surface area contributed by atoms with Crippen molar-refractivity contribution < 1.29 is 18.7 Å². The lowest BCUT2D eigenvalue weighted by atomic mass is 10.2. The minimum Gasteiger partial charge on any atom is -0.383 e. The molecule has 24 heavy (non-hydrogen) atoms. The number of hydrogen-bond acceptors (Lipinski definition) is 5. The number of ether oxygens (including phenoxy) is 1. The average Bonchev–Trinajstić information content (AvgIpc) is 3.15. The van der Waals surface area contributed by atoms with E-state index in [9.17, 15) is 14.0 Å². The van der Waals surface area contributed by atoms with E-state index in [2.05, 4.69) is 5.32 Å². The van der Waals surface area contributed by atoms with Gasteiger partial charge in [-0.25, -0.2) is 4.39 Å². The zero-order valence-corrected chi connectivity index (χ0v) is 13.7. The topological polar surface area (TPSA) is 58.6 Å². The second kappa shape index (κ2) is 6.94. The number of methoxy groups -OCH3 is 1. The summed E-state index contributed by atoms with van der Waals surface area (Å²) in [5, 5.41) is 4.73. The van der Waals surface area contributed by atoms with E-state index in [0.29, 0.717) is 16.1 Å². The normalized spacial score (nSPS) is 14.7. The van der Waals surface area contributed by atoms with E-state index >= 15 is 0 Å². The molecule has 0 unspecified atom stereocenters. The smallest absolute Gasteiger partial charge is 0.278 e. The van der Waals surface area contributed by atoms with Crippen molar-refractivity contribution in [2.24, 2.45) is 0 Å². The lowest BCUT2D eigenvalue weighted by molar-refractivity contribution is -0.137. The molecule has 2 amide bonds. The molecule has 2 aromatic rings. The van der Waals surface area contributed by atoms with Crippen molar-refractivity contribution in [3.63, 3.8) is 0 Å². The average molecular weight is 346 g/mol. The molecule has 124 valence electrons. The first-order chi connectivity index (χ1) is 11.6. The minimum atomic E-state index is -0.440. The van der Waals surface area contributed by atoms with Gasteiger partial charge in [-0.1, -0.05) is 12.1 Å². The molecule has 0 spiro atoms. The molecule has 0 bridgehead atoms. The number of nitrogens with one attached hydrogen (secondary N) is 1. The van der Waals surface area contributed by atoms with Crippen molar-refractivity contribution in [3.8, 4) is 0 Å². The summed E-state index contributed by atoms with van der Waals surface area (Å²) in [5.74, 6) is -1.24. The summed E-state index contributed by atoms with van der Waals surface area (Å²) in [7, 11) is 1.50. The van der Waals surface area contributed by atoms with Gasteiger partial charge in [-0.15, -0.1) is 11.3 Å². The number of anilines is 1. The minimum absolute atomic E-state index is 0.157. The van der Waals surface area contributed by atoms with Gasteiger partial charge in [0.2, 0.25) is 0 Å². The number of halogens is 1. The molecule has 0 saturated heterocycles. The molecular weight excluding hydrogens is 331 g/mol. The third kappa shape index (κ3) is 3.08. The third-order valence-corrected chi connectivity index (χ3v) is 4.44. The molecule has 1 aromatic carbocycles. The second-order valence-corrected chi connectivity index (χ2v) is 6.07. The van der Waals surface area contributed by atoms with Gasteiger partial charge >= 0.3 is 0 Å². The highest BCUT2D eigenvalue weighted by Crippen LogP contribution is 2.32. The first-order valence-electron chi connectivity index (χ1n) is 7.27. The summed E-state index contributed by atoms with van der Waals surface area (Å²) >= 11 is 1.37. The van der Waals surface area contributed by atoms with E-state index in [4.69, 9.17) is 4.74 Å². The fourth-order valence-electron chi connectivity index (χ4n) is 2.44. The predicted molar refractivity (Wildman–Crippen MR) is 89.9 cm³/mol. The number of hydrogen-bond donors (Lipinski definition) is 1. The molecule has 5 nitrogen and oxygen atoms in total. The van der Waals surface area contributed by atoms with Gasteiger partial charge in [0.1, 0.15) is 11.5 Å². The summed E-state index contributed by atoms with van der Waals surface area (Å²) in [6.45, 7) is 0.416. The zero-order valence-electron chi connectivity index (χ0n) is 12.9. The summed E-state index contributed by atoms with van der Waals surface area (Å²) in [5.41, 5.74) is 0.869. The van der Waals surface area contributed by atoms with E-state index in [1.54, 1.807) is 12.1 Å². The summed E-state index contributed by atoms with van der Waals surface area (Å²) in [6, 6.07) is 9.34. The van der Waals surface area contributed by atoms with Gasteiger partial charge in [0.05, 0.1) is 18.7 Å². The van der Waals surface area contributed by atoms with E-state index in [1.165, 1.54) is 36.6 Å². The first-order valence-corrected chi connectivity index (χ1v) is 8.15. The van der Waals surface area contributed by atoms with Gasteiger partial charge < -0.3 is 10.1 Å². The summed E-state index contributed by atoms with van der Waals surface area (Å²) in [6.07, 6.45) is 0. The largest absolute Gasteiger partial charge is 0.383 e. The Labute approximate surface area is 142 Å². The van der Waals surface area contributed by atoms with Gasteiger partial charge in [0.15, 0.2) is 0 Å². The second-order valence-electron chi connectivity index (χ2n) is 5.12. The maximum atomic E-state index is 13.4. The number of nitrogens with zero attached hydrogens (tertiary/aromatic N) is 1. The Morgan fingerprint density at radius 2 is 2.04 bits per heavy atom. The third-order valence-electron chi connectivity index (χ3n) is 3.55. The van der Waals surface area contributed by atoms with Crippen molar-refractivity contribution >= 4 is 34.4 Å². The molecule has 1 aromatic heterocycles. The van der Waals surface area contributed by atoms with E-state index in [-0.39, 0.29) is 24.8 Å².